The highest BCUT2D eigenvalue weighted by Gasteiger charge is 2.09. The zero-order chi connectivity index (χ0) is 11.3. The second-order valence-corrected chi connectivity index (χ2v) is 4.01. The maximum Gasteiger partial charge on any atom is 0.103 e. The summed E-state index contributed by atoms with van der Waals surface area (Å²) in [6, 6.07) is 7.91. The van der Waals surface area contributed by atoms with Crippen molar-refractivity contribution in [1.29, 1.82) is 5.26 Å². The lowest BCUT2D eigenvalue weighted by molar-refractivity contribution is 0.206. The molecule has 0 saturated heterocycles. The van der Waals surface area contributed by atoms with Crippen molar-refractivity contribution in [1.82, 2.24) is 0 Å². The van der Waals surface area contributed by atoms with Gasteiger partial charge < -0.3 is 9.64 Å². The molecule has 1 aromatic rings. The highest BCUT2D eigenvalue weighted by molar-refractivity contribution is 9.10. The van der Waals surface area contributed by atoms with Crippen molar-refractivity contribution >= 4 is 21.6 Å². The molecule has 0 fully saturated rings. The first-order chi connectivity index (χ1) is 7.20. The van der Waals surface area contributed by atoms with Gasteiger partial charge in [-0.05, 0) is 28.1 Å². The molecule has 0 unspecified atom stereocenters. The van der Waals surface area contributed by atoms with E-state index in [0.29, 0.717) is 12.2 Å². The smallest absolute Gasteiger partial charge is 0.103 e. The van der Waals surface area contributed by atoms with Crippen molar-refractivity contribution in [2.45, 2.75) is 0 Å². The minimum atomic E-state index is 0.647. The Bertz CT molecular complexity index is 373. The lowest BCUT2D eigenvalue weighted by atomic mass is 10.2. The molecular weight excluding hydrogens is 256 g/mol. The van der Waals surface area contributed by atoms with Crippen molar-refractivity contribution in [3.8, 4) is 6.07 Å². The zero-order valence-electron chi connectivity index (χ0n) is 8.83. The summed E-state index contributed by atoms with van der Waals surface area (Å²) >= 11 is 3.36. The number of rotatable bonds is 4. The first kappa shape index (κ1) is 12.0. The molecule has 15 heavy (non-hydrogen) atoms. The SMILES string of the molecule is COCCN(C)c1cccc(Br)c1C#N. The second kappa shape index (κ2) is 5.74. The van der Waals surface area contributed by atoms with Gasteiger partial charge in [0.15, 0.2) is 0 Å². The average Bonchev–Trinajstić information content (AvgIpc) is 2.25. The van der Waals surface area contributed by atoms with E-state index in [1.165, 1.54) is 0 Å². The van der Waals surface area contributed by atoms with Crippen LogP contribution in [0.5, 0.6) is 0 Å². The van der Waals surface area contributed by atoms with Crippen LogP contribution in [0.15, 0.2) is 22.7 Å². The van der Waals surface area contributed by atoms with Crippen LogP contribution in [0.3, 0.4) is 0 Å². The van der Waals surface area contributed by atoms with Crippen molar-refractivity contribution in [2.24, 2.45) is 0 Å². The lowest BCUT2D eigenvalue weighted by Gasteiger charge is -2.20. The van der Waals surface area contributed by atoms with E-state index in [1.54, 1.807) is 7.11 Å². The number of hydrogen-bond donors (Lipinski definition) is 0. The summed E-state index contributed by atoms with van der Waals surface area (Å²) in [5.74, 6) is 0. The molecule has 80 valence electrons. The fourth-order valence-corrected chi connectivity index (χ4v) is 1.73. The predicted octanol–water partition coefficient (Wildman–Crippen LogP) is 2.40. The Morgan fingerprint density at radius 3 is 2.87 bits per heavy atom. The van der Waals surface area contributed by atoms with Crippen molar-refractivity contribution in [2.75, 3.05) is 32.2 Å². The maximum absolute atomic E-state index is 9.04. The molecule has 0 saturated carbocycles. The van der Waals surface area contributed by atoms with Gasteiger partial charge in [0.05, 0.1) is 17.9 Å². The van der Waals surface area contributed by atoms with Gasteiger partial charge in [-0.1, -0.05) is 6.07 Å². The summed E-state index contributed by atoms with van der Waals surface area (Å²) in [6.07, 6.45) is 0. The van der Waals surface area contributed by atoms with Gasteiger partial charge in [0.25, 0.3) is 0 Å². The number of likely N-dealkylation sites (N-methyl/N-ethyl adjacent to an activating group) is 1. The molecule has 0 heterocycles. The van der Waals surface area contributed by atoms with Crippen LogP contribution in [0.2, 0.25) is 0 Å². The highest BCUT2D eigenvalue weighted by atomic mass is 79.9. The van der Waals surface area contributed by atoms with E-state index in [0.717, 1.165) is 16.7 Å². The van der Waals surface area contributed by atoms with Crippen LogP contribution in [0.4, 0.5) is 5.69 Å². The third-order valence-corrected chi connectivity index (χ3v) is 2.81. The third kappa shape index (κ3) is 2.95. The molecule has 0 aromatic heterocycles. The van der Waals surface area contributed by atoms with Gasteiger partial charge in [-0.15, -0.1) is 0 Å². The molecule has 0 atom stereocenters. The molecule has 0 N–H and O–H groups in total. The summed E-state index contributed by atoms with van der Waals surface area (Å²) in [5.41, 5.74) is 1.58. The average molecular weight is 269 g/mol. The lowest BCUT2D eigenvalue weighted by Crippen LogP contribution is -2.22. The van der Waals surface area contributed by atoms with Gasteiger partial charge in [0, 0.05) is 25.2 Å². The Morgan fingerprint density at radius 1 is 1.53 bits per heavy atom. The minimum absolute atomic E-state index is 0.647. The number of nitriles is 1. The van der Waals surface area contributed by atoms with E-state index < -0.39 is 0 Å². The number of methoxy groups -OCH3 is 1. The van der Waals surface area contributed by atoms with E-state index in [1.807, 2.05) is 30.1 Å². The Balaban J connectivity index is 2.93. The van der Waals surface area contributed by atoms with E-state index in [4.69, 9.17) is 10.00 Å². The molecule has 0 amide bonds. The van der Waals surface area contributed by atoms with Crippen LogP contribution < -0.4 is 4.90 Å². The number of nitrogens with zero attached hydrogens (tertiary/aromatic N) is 2. The fraction of sp³-hybridized carbons (Fsp3) is 0.364. The van der Waals surface area contributed by atoms with Crippen LogP contribution in [0, 0.1) is 11.3 Å². The molecule has 0 aliphatic carbocycles. The van der Waals surface area contributed by atoms with Crippen molar-refractivity contribution in [3.05, 3.63) is 28.2 Å². The second-order valence-electron chi connectivity index (χ2n) is 3.16. The number of benzene rings is 1. The van der Waals surface area contributed by atoms with Crippen LogP contribution in [0.25, 0.3) is 0 Å². The van der Waals surface area contributed by atoms with Gasteiger partial charge in [-0.25, -0.2) is 0 Å². The van der Waals surface area contributed by atoms with E-state index >= 15 is 0 Å². The Morgan fingerprint density at radius 2 is 2.27 bits per heavy atom. The van der Waals surface area contributed by atoms with E-state index in [-0.39, 0.29) is 0 Å². The Hall–Kier alpha value is -1.05. The maximum atomic E-state index is 9.04. The van der Waals surface area contributed by atoms with Crippen LogP contribution in [-0.4, -0.2) is 27.3 Å². The molecular formula is C11H13BrN2O. The molecule has 3 nitrogen and oxygen atoms in total. The van der Waals surface area contributed by atoms with Crippen LogP contribution in [-0.2, 0) is 4.74 Å². The number of halogens is 1. The summed E-state index contributed by atoms with van der Waals surface area (Å²) in [4.78, 5) is 2.01. The van der Waals surface area contributed by atoms with E-state index in [2.05, 4.69) is 22.0 Å². The summed E-state index contributed by atoms with van der Waals surface area (Å²) in [6.45, 7) is 1.41. The summed E-state index contributed by atoms with van der Waals surface area (Å²) < 4.78 is 5.83. The first-order valence-corrected chi connectivity index (χ1v) is 5.38. The summed E-state index contributed by atoms with van der Waals surface area (Å²) in [7, 11) is 3.61. The third-order valence-electron chi connectivity index (χ3n) is 2.15. The molecule has 4 heteroatoms. The monoisotopic (exact) mass is 268 g/mol. The molecule has 1 aromatic carbocycles. The van der Waals surface area contributed by atoms with Crippen molar-refractivity contribution < 1.29 is 4.74 Å². The normalized spacial score (nSPS) is 9.73. The van der Waals surface area contributed by atoms with Gasteiger partial charge in [-0.2, -0.15) is 5.26 Å². The molecule has 1 rings (SSSR count). The van der Waals surface area contributed by atoms with E-state index in [9.17, 15) is 0 Å². The van der Waals surface area contributed by atoms with Crippen molar-refractivity contribution in [3.63, 3.8) is 0 Å². The molecule has 0 spiro atoms. The zero-order valence-corrected chi connectivity index (χ0v) is 10.4. The topological polar surface area (TPSA) is 36.3 Å². The largest absolute Gasteiger partial charge is 0.383 e. The molecule has 0 aliphatic rings. The highest BCUT2D eigenvalue weighted by Crippen LogP contribution is 2.25. The van der Waals surface area contributed by atoms with Gasteiger partial charge in [-0.3, -0.25) is 0 Å². The molecule has 0 aliphatic heterocycles. The minimum Gasteiger partial charge on any atom is -0.383 e. The number of hydrogen-bond acceptors (Lipinski definition) is 3. The first-order valence-electron chi connectivity index (χ1n) is 4.59. The fourth-order valence-electron chi connectivity index (χ4n) is 1.29. The number of ether oxygens (including phenoxy) is 1. The Kier molecular flexibility index (Phi) is 4.60. The standard InChI is InChI=1S/C11H13BrN2O/c1-14(6-7-15-2)11-5-3-4-10(12)9(11)8-13/h3-5H,6-7H2,1-2H3. The molecule has 0 radical (unpaired) electrons. The van der Waals surface area contributed by atoms with Gasteiger partial charge >= 0.3 is 0 Å². The van der Waals surface area contributed by atoms with Crippen LogP contribution in [0.1, 0.15) is 5.56 Å². The van der Waals surface area contributed by atoms with Gasteiger partial charge in [0.2, 0.25) is 0 Å². The Labute approximate surface area is 98.4 Å². The number of anilines is 1. The predicted molar refractivity (Wildman–Crippen MR) is 64.0 cm³/mol. The summed E-state index contributed by atoms with van der Waals surface area (Å²) in [5, 5.41) is 9.04. The molecule has 0 bridgehead atoms. The van der Waals surface area contributed by atoms with Crippen LogP contribution >= 0.6 is 15.9 Å². The quantitative estimate of drug-likeness (QED) is 0.842. The van der Waals surface area contributed by atoms with Gasteiger partial charge in [0.1, 0.15) is 6.07 Å².